The number of thiazole rings is 1. The lowest BCUT2D eigenvalue weighted by Gasteiger charge is -2.13. The molecule has 18 heavy (non-hydrogen) atoms. The summed E-state index contributed by atoms with van der Waals surface area (Å²) in [6.45, 7) is 1.04. The quantitative estimate of drug-likeness (QED) is 0.916. The summed E-state index contributed by atoms with van der Waals surface area (Å²) >= 11 is 3.10. The summed E-state index contributed by atoms with van der Waals surface area (Å²) in [5, 5.41) is 14.1. The maximum atomic E-state index is 12.1. The molecule has 1 amide bonds. The number of carbonyl (C=O) groups excluding carboxylic acids is 1. The van der Waals surface area contributed by atoms with E-state index in [1.807, 2.05) is 17.5 Å². The fourth-order valence-corrected chi connectivity index (χ4v) is 3.58. The molecule has 0 unspecified atom stereocenters. The van der Waals surface area contributed by atoms with Crippen LogP contribution in [-0.2, 0) is 0 Å². The second kappa shape index (κ2) is 4.79. The van der Waals surface area contributed by atoms with Gasteiger partial charge in [-0.1, -0.05) is 6.07 Å². The molecule has 1 aliphatic rings. The number of hydrogen-bond donors (Lipinski definition) is 1. The standard InChI is InChI=1S/C12H12N2O2S2/c15-8-3-4-14(6-8)12(16)9-7-18-11(13-9)10-2-1-5-17-10/h1-2,5,7-8,15H,3-4,6H2/t8-/m0/s1. The van der Waals surface area contributed by atoms with Gasteiger partial charge in [-0.3, -0.25) is 4.79 Å². The van der Waals surface area contributed by atoms with Crippen LogP contribution in [0.2, 0.25) is 0 Å². The highest BCUT2D eigenvalue weighted by atomic mass is 32.1. The van der Waals surface area contributed by atoms with Gasteiger partial charge >= 0.3 is 0 Å². The zero-order chi connectivity index (χ0) is 12.5. The molecule has 0 radical (unpaired) electrons. The van der Waals surface area contributed by atoms with Crippen LogP contribution in [-0.4, -0.2) is 40.1 Å². The van der Waals surface area contributed by atoms with Crippen molar-refractivity contribution in [2.75, 3.05) is 13.1 Å². The van der Waals surface area contributed by atoms with Crippen molar-refractivity contribution in [1.29, 1.82) is 0 Å². The molecule has 6 heteroatoms. The summed E-state index contributed by atoms with van der Waals surface area (Å²) in [7, 11) is 0. The van der Waals surface area contributed by atoms with Gasteiger partial charge in [-0.2, -0.15) is 0 Å². The molecule has 3 rings (SSSR count). The van der Waals surface area contributed by atoms with E-state index in [4.69, 9.17) is 0 Å². The monoisotopic (exact) mass is 280 g/mol. The van der Waals surface area contributed by atoms with E-state index in [0.717, 1.165) is 9.88 Å². The zero-order valence-electron chi connectivity index (χ0n) is 9.57. The molecule has 94 valence electrons. The van der Waals surface area contributed by atoms with E-state index in [1.54, 1.807) is 21.6 Å². The highest BCUT2D eigenvalue weighted by molar-refractivity contribution is 7.20. The van der Waals surface area contributed by atoms with Crippen molar-refractivity contribution in [2.24, 2.45) is 0 Å². The third-order valence-corrected chi connectivity index (χ3v) is 4.79. The Bertz CT molecular complexity index is 550. The number of amides is 1. The van der Waals surface area contributed by atoms with Gasteiger partial charge in [0.25, 0.3) is 5.91 Å². The van der Waals surface area contributed by atoms with Crippen molar-refractivity contribution in [3.05, 3.63) is 28.6 Å². The van der Waals surface area contributed by atoms with E-state index in [0.29, 0.717) is 25.2 Å². The Hall–Kier alpha value is -1.24. The number of aliphatic hydroxyl groups is 1. The van der Waals surface area contributed by atoms with E-state index < -0.39 is 0 Å². The normalized spacial score (nSPS) is 19.4. The molecule has 0 bridgehead atoms. The Balaban J connectivity index is 1.79. The lowest BCUT2D eigenvalue weighted by Crippen LogP contribution is -2.29. The van der Waals surface area contributed by atoms with Crippen molar-refractivity contribution in [1.82, 2.24) is 9.88 Å². The molecule has 2 aromatic rings. The van der Waals surface area contributed by atoms with Gasteiger partial charge in [0.15, 0.2) is 0 Å². The van der Waals surface area contributed by atoms with Crippen LogP contribution in [0.5, 0.6) is 0 Å². The van der Waals surface area contributed by atoms with Crippen molar-refractivity contribution >= 4 is 28.6 Å². The van der Waals surface area contributed by atoms with Crippen LogP contribution in [0.4, 0.5) is 0 Å². The molecular formula is C12H12N2O2S2. The molecule has 1 saturated heterocycles. The first-order valence-corrected chi connectivity index (χ1v) is 7.47. The largest absolute Gasteiger partial charge is 0.391 e. The number of carbonyl (C=O) groups is 1. The Morgan fingerprint density at radius 1 is 1.50 bits per heavy atom. The Labute approximate surface area is 113 Å². The van der Waals surface area contributed by atoms with Crippen LogP contribution in [0.15, 0.2) is 22.9 Å². The second-order valence-electron chi connectivity index (χ2n) is 4.21. The number of likely N-dealkylation sites (tertiary alicyclic amines) is 1. The molecule has 3 heterocycles. The molecular weight excluding hydrogens is 268 g/mol. The van der Waals surface area contributed by atoms with Crippen LogP contribution in [0.25, 0.3) is 9.88 Å². The number of β-amino-alcohol motifs (C(OH)–C–C–N with tert-alkyl or cyclic N) is 1. The van der Waals surface area contributed by atoms with E-state index in [-0.39, 0.29) is 12.0 Å². The molecule has 1 fully saturated rings. The van der Waals surface area contributed by atoms with Crippen LogP contribution < -0.4 is 0 Å². The predicted octanol–water partition coefficient (Wildman–Crippen LogP) is 2.08. The number of aliphatic hydroxyl groups excluding tert-OH is 1. The van der Waals surface area contributed by atoms with Crippen LogP contribution in [0.1, 0.15) is 16.9 Å². The number of thiophene rings is 1. The minimum absolute atomic E-state index is 0.0781. The predicted molar refractivity (Wildman–Crippen MR) is 72.0 cm³/mol. The van der Waals surface area contributed by atoms with Gasteiger partial charge in [0.1, 0.15) is 10.7 Å². The van der Waals surface area contributed by atoms with Crippen LogP contribution in [0, 0.1) is 0 Å². The smallest absolute Gasteiger partial charge is 0.273 e. The highest BCUT2D eigenvalue weighted by Crippen LogP contribution is 2.28. The van der Waals surface area contributed by atoms with E-state index >= 15 is 0 Å². The fourth-order valence-electron chi connectivity index (χ4n) is 1.97. The summed E-state index contributed by atoms with van der Waals surface area (Å²) in [4.78, 5) is 19.3. The maximum absolute atomic E-state index is 12.1. The van der Waals surface area contributed by atoms with Gasteiger partial charge in [-0.05, 0) is 17.9 Å². The Morgan fingerprint density at radius 2 is 2.39 bits per heavy atom. The van der Waals surface area contributed by atoms with Gasteiger partial charge in [-0.15, -0.1) is 22.7 Å². The van der Waals surface area contributed by atoms with Gasteiger partial charge < -0.3 is 10.0 Å². The molecule has 1 N–H and O–H groups in total. The van der Waals surface area contributed by atoms with Crippen molar-refractivity contribution in [3.63, 3.8) is 0 Å². The fraction of sp³-hybridized carbons (Fsp3) is 0.333. The van der Waals surface area contributed by atoms with E-state index in [2.05, 4.69) is 4.98 Å². The minimum atomic E-state index is -0.385. The maximum Gasteiger partial charge on any atom is 0.273 e. The summed E-state index contributed by atoms with van der Waals surface area (Å²) in [6.07, 6.45) is 0.276. The molecule has 0 aromatic carbocycles. The zero-order valence-corrected chi connectivity index (χ0v) is 11.2. The molecule has 4 nitrogen and oxygen atoms in total. The average molecular weight is 280 g/mol. The first-order chi connectivity index (χ1) is 8.74. The van der Waals surface area contributed by atoms with Gasteiger partial charge in [0, 0.05) is 18.5 Å². The van der Waals surface area contributed by atoms with Crippen molar-refractivity contribution in [3.8, 4) is 9.88 Å². The lowest BCUT2D eigenvalue weighted by atomic mass is 10.3. The van der Waals surface area contributed by atoms with E-state index in [1.165, 1.54) is 11.3 Å². The van der Waals surface area contributed by atoms with Crippen LogP contribution >= 0.6 is 22.7 Å². The lowest BCUT2D eigenvalue weighted by molar-refractivity contribution is 0.0760. The van der Waals surface area contributed by atoms with Gasteiger partial charge in [-0.25, -0.2) is 4.98 Å². The topological polar surface area (TPSA) is 53.4 Å². The average Bonchev–Trinajstić information content (AvgIpc) is 3.09. The number of nitrogens with zero attached hydrogens (tertiary/aromatic N) is 2. The molecule has 1 atom stereocenters. The third-order valence-electron chi connectivity index (χ3n) is 2.91. The molecule has 0 aliphatic carbocycles. The minimum Gasteiger partial charge on any atom is -0.391 e. The summed E-state index contributed by atoms with van der Waals surface area (Å²) in [6, 6.07) is 3.97. The van der Waals surface area contributed by atoms with Crippen LogP contribution in [0.3, 0.4) is 0 Å². The molecule has 0 saturated carbocycles. The summed E-state index contributed by atoms with van der Waals surface area (Å²) in [5.41, 5.74) is 0.484. The Morgan fingerprint density at radius 3 is 3.06 bits per heavy atom. The summed E-state index contributed by atoms with van der Waals surface area (Å²) < 4.78 is 0. The molecule has 0 spiro atoms. The highest BCUT2D eigenvalue weighted by Gasteiger charge is 2.26. The van der Waals surface area contributed by atoms with Gasteiger partial charge in [0.05, 0.1) is 11.0 Å². The SMILES string of the molecule is O=C(c1csc(-c2cccs2)n1)N1CC[C@H](O)C1. The first-order valence-electron chi connectivity index (χ1n) is 5.71. The second-order valence-corrected chi connectivity index (χ2v) is 6.01. The number of rotatable bonds is 2. The summed E-state index contributed by atoms with van der Waals surface area (Å²) in [5.74, 6) is -0.0781. The van der Waals surface area contributed by atoms with E-state index in [9.17, 15) is 9.90 Å². The van der Waals surface area contributed by atoms with Crippen molar-refractivity contribution < 1.29 is 9.90 Å². The van der Waals surface area contributed by atoms with Gasteiger partial charge in [0.2, 0.25) is 0 Å². The molecule has 2 aromatic heterocycles. The number of hydrogen-bond acceptors (Lipinski definition) is 5. The third kappa shape index (κ3) is 2.19. The first kappa shape index (κ1) is 11.8. The van der Waals surface area contributed by atoms with Crippen molar-refractivity contribution in [2.45, 2.75) is 12.5 Å². The Kier molecular flexibility index (Phi) is 3.15. The number of aromatic nitrogens is 1. The molecule has 1 aliphatic heterocycles.